The number of hydrogen-bond acceptors (Lipinski definition) is 3. The first-order valence-corrected chi connectivity index (χ1v) is 8.55. The second-order valence-electron chi connectivity index (χ2n) is 6.49. The monoisotopic (exact) mass is 352 g/mol. The lowest BCUT2D eigenvalue weighted by Gasteiger charge is -2.16. The number of carbonyl (C=O) groups excluding carboxylic acids is 1. The molecule has 136 valence electrons. The zero-order chi connectivity index (χ0) is 18.8. The SMILES string of the molecule is Cc1cc(C)n(-c2ccccc2NC(=O)NC(C)c2cnn(C)c2C)n1. The third-order valence-electron chi connectivity index (χ3n) is 4.48. The first-order valence-electron chi connectivity index (χ1n) is 8.55. The van der Waals surface area contributed by atoms with Crippen LogP contribution in [0.4, 0.5) is 10.5 Å². The number of amides is 2. The summed E-state index contributed by atoms with van der Waals surface area (Å²) in [7, 11) is 1.89. The number of rotatable bonds is 4. The fraction of sp³-hybridized carbons (Fsp3) is 0.316. The second kappa shape index (κ2) is 7.03. The lowest BCUT2D eigenvalue weighted by atomic mass is 10.1. The molecule has 2 aromatic heterocycles. The van der Waals surface area contributed by atoms with Crippen LogP contribution in [0, 0.1) is 20.8 Å². The van der Waals surface area contributed by atoms with Crippen LogP contribution in [0.3, 0.4) is 0 Å². The van der Waals surface area contributed by atoms with E-state index < -0.39 is 0 Å². The molecule has 0 spiro atoms. The molecule has 1 aromatic carbocycles. The van der Waals surface area contributed by atoms with Gasteiger partial charge in [0.15, 0.2) is 0 Å². The van der Waals surface area contributed by atoms with Crippen molar-refractivity contribution < 1.29 is 4.79 Å². The number of para-hydroxylation sites is 2. The number of carbonyl (C=O) groups is 1. The molecule has 3 aromatic rings. The van der Waals surface area contributed by atoms with Crippen LogP contribution in [0.25, 0.3) is 5.69 Å². The largest absolute Gasteiger partial charge is 0.331 e. The molecule has 26 heavy (non-hydrogen) atoms. The van der Waals surface area contributed by atoms with Crippen LogP contribution in [0.1, 0.15) is 35.6 Å². The minimum atomic E-state index is -0.269. The van der Waals surface area contributed by atoms with E-state index in [4.69, 9.17) is 0 Å². The highest BCUT2D eigenvalue weighted by atomic mass is 16.2. The highest BCUT2D eigenvalue weighted by molar-refractivity contribution is 5.91. The van der Waals surface area contributed by atoms with Crippen molar-refractivity contribution in [3.8, 4) is 5.69 Å². The molecule has 2 heterocycles. The Morgan fingerprint density at radius 1 is 1.19 bits per heavy atom. The van der Waals surface area contributed by atoms with Crippen LogP contribution in [-0.2, 0) is 7.05 Å². The molecule has 0 saturated carbocycles. The van der Waals surface area contributed by atoms with Gasteiger partial charge in [-0.3, -0.25) is 4.68 Å². The highest BCUT2D eigenvalue weighted by Crippen LogP contribution is 2.22. The number of aromatic nitrogens is 4. The van der Waals surface area contributed by atoms with E-state index in [1.165, 1.54) is 0 Å². The van der Waals surface area contributed by atoms with Crippen molar-refractivity contribution in [1.29, 1.82) is 0 Å². The topological polar surface area (TPSA) is 76.8 Å². The lowest BCUT2D eigenvalue weighted by Crippen LogP contribution is -2.31. The van der Waals surface area contributed by atoms with Crippen LogP contribution >= 0.6 is 0 Å². The van der Waals surface area contributed by atoms with Gasteiger partial charge in [-0.15, -0.1) is 0 Å². The molecule has 0 aliphatic carbocycles. The number of hydrogen-bond donors (Lipinski definition) is 2. The molecular formula is C19H24N6O. The van der Waals surface area contributed by atoms with Gasteiger partial charge in [-0.1, -0.05) is 12.1 Å². The predicted molar refractivity (Wildman–Crippen MR) is 102 cm³/mol. The molecule has 0 radical (unpaired) electrons. The number of aryl methyl sites for hydroxylation is 3. The number of anilines is 1. The molecule has 1 atom stereocenters. The van der Waals surface area contributed by atoms with Crippen LogP contribution in [0.2, 0.25) is 0 Å². The van der Waals surface area contributed by atoms with Crippen molar-refractivity contribution in [2.45, 2.75) is 33.7 Å². The van der Waals surface area contributed by atoms with Crippen LogP contribution in [0.5, 0.6) is 0 Å². The Morgan fingerprint density at radius 3 is 2.54 bits per heavy atom. The molecule has 7 heteroatoms. The first-order chi connectivity index (χ1) is 12.4. The van der Waals surface area contributed by atoms with Crippen LogP contribution in [-0.4, -0.2) is 25.6 Å². The van der Waals surface area contributed by atoms with Gasteiger partial charge in [-0.05, 0) is 45.9 Å². The third kappa shape index (κ3) is 3.46. The Hall–Kier alpha value is -3.09. The van der Waals surface area contributed by atoms with Gasteiger partial charge in [0.25, 0.3) is 0 Å². The fourth-order valence-corrected chi connectivity index (χ4v) is 3.01. The summed E-state index contributed by atoms with van der Waals surface area (Å²) in [6.07, 6.45) is 1.78. The van der Waals surface area contributed by atoms with Gasteiger partial charge in [-0.2, -0.15) is 10.2 Å². The van der Waals surface area contributed by atoms with Crippen molar-refractivity contribution in [3.05, 3.63) is 59.2 Å². The molecule has 0 saturated heterocycles. The van der Waals surface area contributed by atoms with E-state index in [2.05, 4.69) is 20.8 Å². The molecule has 0 aliphatic rings. The summed E-state index contributed by atoms with van der Waals surface area (Å²) in [6, 6.07) is 9.20. The van der Waals surface area contributed by atoms with Crippen molar-refractivity contribution in [2.75, 3.05) is 5.32 Å². The number of benzene rings is 1. The maximum Gasteiger partial charge on any atom is 0.319 e. The number of urea groups is 1. The van der Waals surface area contributed by atoms with Crippen molar-refractivity contribution in [2.24, 2.45) is 7.05 Å². The van der Waals surface area contributed by atoms with E-state index in [1.807, 2.05) is 69.8 Å². The number of nitrogens with zero attached hydrogens (tertiary/aromatic N) is 4. The summed E-state index contributed by atoms with van der Waals surface area (Å²) < 4.78 is 3.63. The standard InChI is InChI=1S/C19H24N6O/c1-12-10-13(2)25(23-12)18-9-7-6-8-17(18)22-19(26)21-14(3)16-11-20-24(5)15(16)4/h6-11,14H,1-5H3,(H2,21,22,26). The number of nitrogens with one attached hydrogen (secondary N) is 2. The van der Waals surface area contributed by atoms with Gasteiger partial charge in [0.2, 0.25) is 0 Å². The molecule has 2 N–H and O–H groups in total. The summed E-state index contributed by atoms with van der Waals surface area (Å²) in [5.41, 5.74) is 5.50. The second-order valence-corrected chi connectivity index (χ2v) is 6.49. The first kappa shape index (κ1) is 17.7. The van der Waals surface area contributed by atoms with Gasteiger partial charge in [0.1, 0.15) is 0 Å². The van der Waals surface area contributed by atoms with Crippen molar-refractivity contribution in [3.63, 3.8) is 0 Å². The Morgan fingerprint density at radius 2 is 1.92 bits per heavy atom. The fourth-order valence-electron chi connectivity index (χ4n) is 3.01. The summed E-state index contributed by atoms with van der Waals surface area (Å²) in [6.45, 7) is 7.86. The zero-order valence-corrected chi connectivity index (χ0v) is 15.7. The van der Waals surface area contributed by atoms with Gasteiger partial charge < -0.3 is 10.6 Å². The van der Waals surface area contributed by atoms with Gasteiger partial charge in [0, 0.05) is 24.0 Å². The summed E-state index contributed by atoms with van der Waals surface area (Å²) >= 11 is 0. The molecule has 0 fully saturated rings. The van der Waals surface area contributed by atoms with Crippen LogP contribution in [0.15, 0.2) is 36.5 Å². The molecule has 0 aliphatic heterocycles. The normalized spacial score (nSPS) is 12.0. The van der Waals surface area contributed by atoms with Gasteiger partial charge >= 0.3 is 6.03 Å². The smallest absolute Gasteiger partial charge is 0.319 e. The Bertz CT molecular complexity index is 939. The third-order valence-corrected chi connectivity index (χ3v) is 4.48. The van der Waals surface area contributed by atoms with E-state index in [-0.39, 0.29) is 12.1 Å². The molecule has 1 unspecified atom stereocenters. The van der Waals surface area contributed by atoms with Crippen molar-refractivity contribution in [1.82, 2.24) is 24.9 Å². The van der Waals surface area contributed by atoms with Gasteiger partial charge in [-0.25, -0.2) is 9.48 Å². The minimum Gasteiger partial charge on any atom is -0.331 e. The quantitative estimate of drug-likeness (QED) is 0.755. The van der Waals surface area contributed by atoms with Gasteiger partial charge in [0.05, 0.1) is 29.3 Å². The molecule has 7 nitrogen and oxygen atoms in total. The van der Waals surface area contributed by atoms with E-state index >= 15 is 0 Å². The highest BCUT2D eigenvalue weighted by Gasteiger charge is 2.16. The average molecular weight is 352 g/mol. The summed E-state index contributed by atoms with van der Waals surface area (Å²) in [4.78, 5) is 12.5. The average Bonchev–Trinajstić information content (AvgIpc) is 3.09. The maximum absolute atomic E-state index is 12.5. The molecule has 2 amide bonds. The van der Waals surface area contributed by atoms with E-state index in [0.29, 0.717) is 5.69 Å². The van der Waals surface area contributed by atoms with Crippen LogP contribution < -0.4 is 10.6 Å². The summed E-state index contributed by atoms with van der Waals surface area (Å²) in [5, 5.41) is 14.6. The molecular weight excluding hydrogens is 328 g/mol. The Balaban J connectivity index is 1.78. The maximum atomic E-state index is 12.5. The van der Waals surface area contributed by atoms with E-state index in [0.717, 1.165) is 28.3 Å². The molecule has 0 bridgehead atoms. The van der Waals surface area contributed by atoms with E-state index in [1.54, 1.807) is 10.9 Å². The lowest BCUT2D eigenvalue weighted by molar-refractivity contribution is 0.249. The zero-order valence-electron chi connectivity index (χ0n) is 15.7. The minimum absolute atomic E-state index is 0.149. The predicted octanol–water partition coefficient (Wildman–Crippen LogP) is 3.41. The van der Waals surface area contributed by atoms with Crippen molar-refractivity contribution >= 4 is 11.7 Å². The van der Waals surface area contributed by atoms with E-state index in [9.17, 15) is 4.79 Å². The Kier molecular flexibility index (Phi) is 4.79. The molecule has 3 rings (SSSR count). The Labute approximate surface area is 153 Å². The summed E-state index contributed by atoms with van der Waals surface area (Å²) in [5.74, 6) is 0.